The quantitative estimate of drug-likeness (QED) is 0.492. The van der Waals surface area contributed by atoms with Gasteiger partial charge in [0, 0.05) is 10.0 Å². The maximum atomic E-state index is 13.7. The fraction of sp³-hybridized carbons (Fsp3) is 0.250. The average molecular weight is 500 g/mol. The van der Waals surface area contributed by atoms with Crippen molar-refractivity contribution in [2.75, 3.05) is 0 Å². The zero-order chi connectivity index (χ0) is 22.3. The molecule has 0 fully saturated rings. The van der Waals surface area contributed by atoms with Gasteiger partial charge in [-0.1, -0.05) is 52.5 Å². The van der Waals surface area contributed by atoms with Gasteiger partial charge in [0.2, 0.25) is 0 Å². The second-order valence-corrected chi connectivity index (χ2v) is 8.01. The van der Waals surface area contributed by atoms with Crippen molar-refractivity contribution < 1.29 is 18.0 Å². The molecule has 2 aromatic heterocycles. The van der Waals surface area contributed by atoms with Crippen LogP contribution in [0, 0.1) is 12.3 Å². The van der Waals surface area contributed by atoms with E-state index in [1.54, 1.807) is 38.1 Å². The molecule has 2 heterocycles. The molecule has 0 saturated carbocycles. The van der Waals surface area contributed by atoms with Crippen molar-refractivity contribution in [2.24, 2.45) is 0 Å². The Morgan fingerprint density at radius 2 is 1.97 bits per heavy atom. The Labute approximate surface area is 183 Å². The summed E-state index contributed by atoms with van der Waals surface area (Å²) < 4.78 is 42.5. The highest BCUT2D eigenvalue weighted by Crippen LogP contribution is 2.34. The van der Waals surface area contributed by atoms with E-state index in [1.807, 2.05) is 0 Å². The molecule has 1 N–H and O–H groups in total. The van der Waals surface area contributed by atoms with Gasteiger partial charge in [0.15, 0.2) is 17.0 Å². The SMILES string of the molecule is C#C[C@](C)(CC)NC(=O)c1nn2c(C(F)(F)F)cc(-c3ccc(Br)cc3)nc2c1Cl. The summed E-state index contributed by atoms with van der Waals surface area (Å²) in [5.74, 6) is 1.66. The van der Waals surface area contributed by atoms with Gasteiger partial charge in [-0.2, -0.15) is 18.3 Å². The summed E-state index contributed by atoms with van der Waals surface area (Å²) in [6, 6.07) is 7.44. The van der Waals surface area contributed by atoms with Crippen LogP contribution in [0.3, 0.4) is 0 Å². The van der Waals surface area contributed by atoms with Crippen LogP contribution in [0.2, 0.25) is 5.02 Å². The molecular formula is C20H15BrClF3N4O. The van der Waals surface area contributed by atoms with Gasteiger partial charge < -0.3 is 5.32 Å². The number of fused-ring (bicyclic) bond motifs is 1. The largest absolute Gasteiger partial charge is 0.433 e. The fourth-order valence-corrected chi connectivity index (χ4v) is 3.15. The molecule has 10 heteroatoms. The highest BCUT2D eigenvalue weighted by atomic mass is 79.9. The lowest BCUT2D eigenvalue weighted by atomic mass is 10.0. The van der Waals surface area contributed by atoms with E-state index in [-0.39, 0.29) is 16.4 Å². The van der Waals surface area contributed by atoms with E-state index in [2.05, 4.69) is 37.2 Å². The number of aromatic nitrogens is 3. The van der Waals surface area contributed by atoms with Gasteiger partial charge in [-0.05, 0) is 31.5 Å². The monoisotopic (exact) mass is 498 g/mol. The zero-order valence-corrected chi connectivity index (χ0v) is 18.2. The number of hydrogen-bond acceptors (Lipinski definition) is 3. The smallest absolute Gasteiger partial charge is 0.335 e. The number of hydrogen-bond donors (Lipinski definition) is 1. The molecular weight excluding hydrogens is 485 g/mol. The van der Waals surface area contributed by atoms with E-state index in [1.165, 1.54) is 0 Å². The molecule has 0 aliphatic rings. The van der Waals surface area contributed by atoms with Crippen LogP contribution in [0.25, 0.3) is 16.9 Å². The Kier molecular flexibility index (Phi) is 5.85. The molecule has 30 heavy (non-hydrogen) atoms. The van der Waals surface area contributed by atoms with E-state index < -0.39 is 29.0 Å². The van der Waals surface area contributed by atoms with Crippen molar-refractivity contribution in [3.63, 3.8) is 0 Å². The predicted molar refractivity (Wildman–Crippen MR) is 111 cm³/mol. The maximum Gasteiger partial charge on any atom is 0.433 e. The van der Waals surface area contributed by atoms with Gasteiger partial charge >= 0.3 is 6.18 Å². The number of rotatable bonds is 4. The van der Waals surface area contributed by atoms with E-state index in [0.717, 1.165) is 10.5 Å². The fourth-order valence-electron chi connectivity index (χ4n) is 2.64. The number of nitrogens with zero attached hydrogens (tertiary/aromatic N) is 3. The summed E-state index contributed by atoms with van der Waals surface area (Å²) in [7, 11) is 0. The normalized spacial score (nSPS) is 13.7. The van der Waals surface area contributed by atoms with Crippen LogP contribution in [-0.2, 0) is 6.18 Å². The topological polar surface area (TPSA) is 59.3 Å². The summed E-state index contributed by atoms with van der Waals surface area (Å²) in [4.78, 5) is 16.9. The Morgan fingerprint density at radius 1 is 1.33 bits per heavy atom. The van der Waals surface area contributed by atoms with Gasteiger partial charge in [-0.15, -0.1) is 6.42 Å². The lowest BCUT2D eigenvalue weighted by Gasteiger charge is -2.22. The molecule has 0 aliphatic carbocycles. The highest BCUT2D eigenvalue weighted by Gasteiger charge is 2.37. The van der Waals surface area contributed by atoms with Crippen LogP contribution in [0.1, 0.15) is 36.5 Å². The summed E-state index contributed by atoms with van der Waals surface area (Å²) >= 11 is 9.52. The zero-order valence-electron chi connectivity index (χ0n) is 15.8. The number of carbonyl (C=O) groups excluding carboxylic acids is 1. The molecule has 0 aliphatic heterocycles. The molecule has 3 aromatic rings. The summed E-state index contributed by atoms with van der Waals surface area (Å²) in [6.45, 7) is 3.37. The van der Waals surface area contributed by atoms with Crippen molar-refractivity contribution >= 4 is 39.1 Å². The molecule has 156 valence electrons. The molecule has 0 bridgehead atoms. The molecule has 5 nitrogen and oxygen atoms in total. The van der Waals surface area contributed by atoms with Crippen LogP contribution < -0.4 is 5.32 Å². The lowest BCUT2D eigenvalue weighted by Crippen LogP contribution is -2.44. The van der Waals surface area contributed by atoms with Gasteiger partial charge in [-0.25, -0.2) is 9.50 Å². The van der Waals surface area contributed by atoms with Crippen LogP contribution in [0.5, 0.6) is 0 Å². The van der Waals surface area contributed by atoms with Crippen molar-refractivity contribution in [3.8, 4) is 23.6 Å². The Hall–Kier alpha value is -2.57. The minimum atomic E-state index is -4.76. The summed E-state index contributed by atoms with van der Waals surface area (Å²) in [5.41, 5.74) is -2.30. The third kappa shape index (κ3) is 4.16. The van der Waals surface area contributed by atoms with Gasteiger partial charge in [0.1, 0.15) is 5.02 Å². The summed E-state index contributed by atoms with van der Waals surface area (Å²) in [5, 5.41) is 6.07. The molecule has 0 spiro atoms. The van der Waals surface area contributed by atoms with Crippen molar-refractivity contribution in [1.82, 2.24) is 19.9 Å². The number of carbonyl (C=O) groups is 1. The van der Waals surface area contributed by atoms with E-state index in [4.69, 9.17) is 18.0 Å². The molecule has 0 unspecified atom stereocenters. The Balaban J connectivity index is 2.20. The third-order valence-electron chi connectivity index (χ3n) is 4.59. The van der Waals surface area contributed by atoms with Gasteiger partial charge in [0.25, 0.3) is 5.91 Å². The minimum Gasteiger partial charge on any atom is -0.335 e. The minimum absolute atomic E-state index is 0.0399. The van der Waals surface area contributed by atoms with Crippen LogP contribution in [0.15, 0.2) is 34.8 Å². The number of terminal acetylenes is 1. The predicted octanol–water partition coefficient (Wildman–Crippen LogP) is 5.36. The van der Waals surface area contributed by atoms with Crippen LogP contribution >= 0.6 is 27.5 Å². The van der Waals surface area contributed by atoms with Crippen molar-refractivity contribution in [1.29, 1.82) is 0 Å². The Morgan fingerprint density at radius 3 is 2.50 bits per heavy atom. The average Bonchev–Trinajstić information content (AvgIpc) is 3.03. The number of benzene rings is 1. The van der Waals surface area contributed by atoms with E-state index in [0.29, 0.717) is 16.5 Å². The van der Waals surface area contributed by atoms with Gasteiger partial charge in [0.05, 0.1) is 11.2 Å². The first kappa shape index (κ1) is 22.1. The second kappa shape index (κ2) is 7.93. The molecule has 1 aromatic carbocycles. The first-order valence-electron chi connectivity index (χ1n) is 8.72. The van der Waals surface area contributed by atoms with Crippen molar-refractivity contribution in [2.45, 2.75) is 32.0 Å². The third-order valence-corrected chi connectivity index (χ3v) is 5.47. The number of halogens is 5. The first-order valence-corrected chi connectivity index (χ1v) is 9.89. The molecule has 0 saturated heterocycles. The first-order chi connectivity index (χ1) is 14.0. The Bertz CT molecular complexity index is 1170. The van der Waals surface area contributed by atoms with E-state index in [9.17, 15) is 18.0 Å². The van der Waals surface area contributed by atoms with Crippen LogP contribution in [-0.4, -0.2) is 26.0 Å². The number of nitrogens with one attached hydrogen (secondary N) is 1. The second-order valence-electron chi connectivity index (χ2n) is 6.71. The number of alkyl halides is 3. The van der Waals surface area contributed by atoms with Gasteiger partial charge in [-0.3, -0.25) is 4.79 Å². The molecule has 1 atom stereocenters. The number of amides is 1. The highest BCUT2D eigenvalue weighted by molar-refractivity contribution is 9.10. The standard InChI is InChI=1S/C20H15BrClF3N4O/c1-4-19(3,5-2)27-18(30)16-15(22)17-26-13(11-6-8-12(21)9-7-11)10-14(20(23,24)25)29(17)28-16/h1,6-10H,5H2,2-3H3,(H,27,30)/t19-/m1/s1. The van der Waals surface area contributed by atoms with Crippen LogP contribution in [0.4, 0.5) is 13.2 Å². The van der Waals surface area contributed by atoms with E-state index >= 15 is 0 Å². The molecule has 1 amide bonds. The van der Waals surface area contributed by atoms with Crippen molar-refractivity contribution in [3.05, 3.63) is 51.2 Å². The maximum absolute atomic E-state index is 13.7. The lowest BCUT2D eigenvalue weighted by molar-refractivity contribution is -0.142. The summed E-state index contributed by atoms with van der Waals surface area (Å²) in [6.07, 6.45) is 1.09. The molecule has 3 rings (SSSR count). The molecule has 0 radical (unpaired) electrons.